The highest BCUT2D eigenvalue weighted by molar-refractivity contribution is 7.92. The molecule has 0 aliphatic heterocycles. The Morgan fingerprint density at radius 2 is 1.66 bits per heavy atom. The lowest BCUT2D eigenvalue weighted by atomic mass is 10.1. The van der Waals surface area contributed by atoms with Gasteiger partial charge in [0.2, 0.25) is 0 Å². The van der Waals surface area contributed by atoms with E-state index in [0.717, 1.165) is 12.1 Å². The highest BCUT2D eigenvalue weighted by Gasteiger charge is 2.23. The Balaban J connectivity index is 1.97. The number of methoxy groups -OCH3 is 1. The predicted molar refractivity (Wildman–Crippen MR) is 131 cm³/mol. The molecule has 0 bridgehead atoms. The van der Waals surface area contributed by atoms with E-state index in [4.69, 9.17) is 4.74 Å². The van der Waals surface area contributed by atoms with Crippen LogP contribution >= 0.6 is 0 Å². The number of non-ortho nitro benzene ring substituents is 1. The second-order valence-electron chi connectivity index (χ2n) is 7.34. The molecule has 3 aromatic carbocycles. The molecular weight excluding hydrogens is 478 g/mol. The number of hydrogen-bond acceptors (Lipinski definition) is 9. The van der Waals surface area contributed by atoms with E-state index in [1.165, 1.54) is 31.4 Å². The van der Waals surface area contributed by atoms with Gasteiger partial charge in [0.15, 0.2) is 0 Å². The summed E-state index contributed by atoms with van der Waals surface area (Å²) < 4.78 is 33.6. The molecule has 35 heavy (non-hydrogen) atoms. The molecule has 0 aliphatic rings. The maximum atomic E-state index is 13.1. The second kappa shape index (κ2) is 10.2. The summed E-state index contributed by atoms with van der Waals surface area (Å²) in [5.41, 5.74) is 3.53. The molecule has 13 heteroatoms. The van der Waals surface area contributed by atoms with Crippen LogP contribution in [0.3, 0.4) is 0 Å². The van der Waals surface area contributed by atoms with Crippen LogP contribution in [0.4, 0.5) is 22.7 Å². The summed E-state index contributed by atoms with van der Waals surface area (Å²) in [6.45, 7) is 3.19. The highest BCUT2D eigenvalue weighted by atomic mass is 32.2. The van der Waals surface area contributed by atoms with Crippen molar-refractivity contribution in [1.29, 1.82) is 0 Å². The zero-order valence-electron chi connectivity index (χ0n) is 18.9. The van der Waals surface area contributed by atoms with E-state index in [2.05, 4.69) is 15.2 Å². The van der Waals surface area contributed by atoms with Gasteiger partial charge in [0.1, 0.15) is 10.6 Å². The normalized spacial score (nSPS) is 11.6. The summed E-state index contributed by atoms with van der Waals surface area (Å²) >= 11 is 0. The first kappa shape index (κ1) is 25.1. The number of nitrogens with zero attached hydrogens (tertiary/aromatic N) is 3. The Kier molecular flexibility index (Phi) is 7.30. The summed E-state index contributed by atoms with van der Waals surface area (Å²) in [5.74, 6) is 0.520. The number of hydrogen-bond donors (Lipinski definition) is 2. The summed E-state index contributed by atoms with van der Waals surface area (Å²) in [7, 11) is -2.80. The van der Waals surface area contributed by atoms with Crippen molar-refractivity contribution < 1.29 is 23.0 Å². The first-order valence-electron chi connectivity index (χ1n) is 10.0. The fourth-order valence-corrected chi connectivity index (χ4v) is 4.28. The number of hydrazone groups is 1. The molecule has 0 fully saturated rings. The first-order valence-corrected chi connectivity index (χ1v) is 11.5. The predicted octanol–water partition coefficient (Wildman–Crippen LogP) is 4.46. The fourth-order valence-electron chi connectivity index (χ4n) is 3.05. The first-order chi connectivity index (χ1) is 16.5. The monoisotopic (exact) mass is 499 g/mol. The van der Waals surface area contributed by atoms with Crippen LogP contribution in [0.5, 0.6) is 5.75 Å². The van der Waals surface area contributed by atoms with Crippen LogP contribution in [0, 0.1) is 27.2 Å². The van der Waals surface area contributed by atoms with Gasteiger partial charge in [-0.3, -0.25) is 30.4 Å². The summed E-state index contributed by atoms with van der Waals surface area (Å²) in [4.78, 5) is 20.8. The van der Waals surface area contributed by atoms with E-state index in [0.29, 0.717) is 22.6 Å². The molecule has 182 valence electrons. The van der Waals surface area contributed by atoms with Gasteiger partial charge in [-0.2, -0.15) is 5.10 Å². The highest BCUT2D eigenvalue weighted by Crippen LogP contribution is 2.29. The largest absolute Gasteiger partial charge is 0.497 e. The van der Waals surface area contributed by atoms with Crippen molar-refractivity contribution in [3.05, 3.63) is 92.0 Å². The van der Waals surface area contributed by atoms with Gasteiger partial charge in [-0.15, -0.1) is 0 Å². The van der Waals surface area contributed by atoms with Gasteiger partial charge >= 0.3 is 0 Å². The third-order valence-corrected chi connectivity index (χ3v) is 6.40. The average Bonchev–Trinajstić information content (AvgIpc) is 2.82. The Labute approximate surface area is 200 Å². The number of anilines is 2. The van der Waals surface area contributed by atoms with Crippen LogP contribution in [-0.4, -0.2) is 31.1 Å². The van der Waals surface area contributed by atoms with Crippen LogP contribution in [0.2, 0.25) is 0 Å². The molecule has 0 heterocycles. The van der Waals surface area contributed by atoms with Gasteiger partial charge in [0.05, 0.1) is 28.4 Å². The Hall–Kier alpha value is -4.52. The Morgan fingerprint density at radius 1 is 0.971 bits per heavy atom. The van der Waals surface area contributed by atoms with Crippen molar-refractivity contribution in [3.8, 4) is 5.75 Å². The van der Waals surface area contributed by atoms with E-state index in [9.17, 15) is 28.6 Å². The quantitative estimate of drug-likeness (QED) is 0.247. The van der Waals surface area contributed by atoms with Gasteiger partial charge < -0.3 is 4.74 Å². The molecule has 0 atom stereocenters. The molecule has 12 nitrogen and oxygen atoms in total. The number of ether oxygens (including phenoxy) is 1. The van der Waals surface area contributed by atoms with Crippen molar-refractivity contribution >= 4 is 38.5 Å². The van der Waals surface area contributed by atoms with E-state index < -0.39 is 30.5 Å². The standard InChI is InChI=1S/C22H21N5O7S/c1-14-4-5-16(12-21(14)27(30)31)15(2)23-24-20-11-8-18(26(28)29)13-22(20)35(32,33)25-17-6-9-19(34-3)10-7-17/h4-13,24-25H,1-3H3/b23-15+. The van der Waals surface area contributed by atoms with E-state index in [-0.39, 0.29) is 17.1 Å². The van der Waals surface area contributed by atoms with Gasteiger partial charge in [-0.25, -0.2) is 8.42 Å². The summed E-state index contributed by atoms with van der Waals surface area (Å²) in [5, 5.41) is 26.6. The van der Waals surface area contributed by atoms with Gasteiger partial charge in [-0.1, -0.05) is 12.1 Å². The smallest absolute Gasteiger partial charge is 0.272 e. The summed E-state index contributed by atoms with van der Waals surface area (Å²) in [6.07, 6.45) is 0. The average molecular weight is 500 g/mol. The van der Waals surface area contributed by atoms with Crippen LogP contribution in [0.15, 0.2) is 70.7 Å². The lowest BCUT2D eigenvalue weighted by Gasteiger charge is -2.13. The number of aryl methyl sites for hydroxylation is 1. The topological polar surface area (TPSA) is 166 Å². The molecule has 2 N–H and O–H groups in total. The molecule has 0 aliphatic carbocycles. The van der Waals surface area contributed by atoms with Crippen LogP contribution in [-0.2, 0) is 10.0 Å². The number of nitrogens with one attached hydrogen (secondary N) is 2. The minimum Gasteiger partial charge on any atom is -0.497 e. The number of nitro benzene ring substituents is 2. The fraction of sp³-hybridized carbons (Fsp3) is 0.136. The van der Waals surface area contributed by atoms with Gasteiger partial charge in [0, 0.05) is 35.0 Å². The number of rotatable bonds is 9. The van der Waals surface area contributed by atoms with Crippen molar-refractivity contribution in [1.82, 2.24) is 0 Å². The molecule has 3 aromatic rings. The second-order valence-corrected chi connectivity index (χ2v) is 8.99. The zero-order valence-corrected chi connectivity index (χ0v) is 19.7. The van der Waals surface area contributed by atoms with E-state index >= 15 is 0 Å². The Morgan fingerprint density at radius 3 is 2.26 bits per heavy atom. The Bertz CT molecular complexity index is 1420. The zero-order chi connectivity index (χ0) is 25.8. The number of nitro groups is 2. The number of benzene rings is 3. The third kappa shape index (κ3) is 5.89. The van der Waals surface area contributed by atoms with Crippen LogP contribution in [0.1, 0.15) is 18.1 Å². The summed E-state index contributed by atoms with van der Waals surface area (Å²) in [6, 6.07) is 13.9. The molecule has 0 saturated heterocycles. The molecule has 0 spiro atoms. The SMILES string of the molecule is COc1ccc(NS(=O)(=O)c2cc([N+](=O)[O-])ccc2N/N=C(\C)c2ccc(C)c([N+](=O)[O-])c2)cc1. The minimum atomic E-state index is -4.27. The van der Waals surface area contributed by atoms with Gasteiger partial charge in [0.25, 0.3) is 21.4 Å². The maximum absolute atomic E-state index is 13.1. The third-order valence-electron chi connectivity index (χ3n) is 4.98. The molecule has 0 aromatic heterocycles. The van der Waals surface area contributed by atoms with E-state index in [1.54, 1.807) is 38.1 Å². The lowest BCUT2D eigenvalue weighted by Crippen LogP contribution is -2.15. The maximum Gasteiger partial charge on any atom is 0.272 e. The van der Waals surface area contributed by atoms with Gasteiger partial charge in [-0.05, 0) is 44.2 Å². The minimum absolute atomic E-state index is 0.0300. The lowest BCUT2D eigenvalue weighted by molar-refractivity contribution is -0.385. The van der Waals surface area contributed by atoms with Crippen LogP contribution in [0.25, 0.3) is 0 Å². The van der Waals surface area contributed by atoms with Crippen molar-refractivity contribution in [2.24, 2.45) is 5.10 Å². The van der Waals surface area contributed by atoms with Crippen molar-refractivity contribution in [2.45, 2.75) is 18.7 Å². The molecule has 0 saturated carbocycles. The molecule has 0 amide bonds. The number of sulfonamides is 1. The van der Waals surface area contributed by atoms with Crippen LogP contribution < -0.4 is 14.9 Å². The van der Waals surface area contributed by atoms with Crippen molar-refractivity contribution in [2.75, 3.05) is 17.3 Å². The van der Waals surface area contributed by atoms with E-state index in [1.807, 2.05) is 0 Å². The molecule has 3 rings (SSSR count). The molecular formula is C22H21N5O7S. The van der Waals surface area contributed by atoms with Crippen molar-refractivity contribution in [3.63, 3.8) is 0 Å². The molecule has 0 unspecified atom stereocenters. The molecule has 0 radical (unpaired) electrons.